The molecular weight excluding hydrogens is 168 g/mol. The van der Waals surface area contributed by atoms with Gasteiger partial charge in [0.2, 0.25) is 0 Å². The van der Waals surface area contributed by atoms with Crippen molar-refractivity contribution in [1.82, 2.24) is 0 Å². The Morgan fingerprint density at radius 1 is 1.46 bits per heavy atom. The summed E-state index contributed by atoms with van der Waals surface area (Å²) in [5.41, 5.74) is 0.563. The molecule has 1 aliphatic carbocycles. The van der Waals surface area contributed by atoms with Crippen molar-refractivity contribution in [1.29, 1.82) is 0 Å². The minimum atomic E-state index is -0.364. The van der Waals surface area contributed by atoms with Gasteiger partial charge in [0.25, 0.3) is 0 Å². The standard InChI is InChI=1S/C7H12O3.C3H6/c1-3-6(2)7(9)10-5-4-8;1-2-3-1/h3,8H,4-5H2,1-2H3;1-3H2/b6-3+;. The van der Waals surface area contributed by atoms with Crippen molar-refractivity contribution in [2.24, 2.45) is 0 Å². The van der Waals surface area contributed by atoms with E-state index < -0.39 is 0 Å². The summed E-state index contributed by atoms with van der Waals surface area (Å²) in [5, 5.41) is 8.27. The topological polar surface area (TPSA) is 46.5 Å². The molecule has 0 aromatic carbocycles. The molecule has 3 nitrogen and oxygen atoms in total. The fourth-order valence-electron chi connectivity index (χ4n) is 0.370. The molecule has 0 aromatic rings. The van der Waals surface area contributed by atoms with Gasteiger partial charge in [0.15, 0.2) is 0 Å². The number of rotatable bonds is 3. The molecule has 1 fully saturated rings. The summed E-state index contributed by atoms with van der Waals surface area (Å²) in [4.78, 5) is 10.7. The highest BCUT2D eigenvalue weighted by Gasteiger charge is 2.01. The fraction of sp³-hybridized carbons (Fsp3) is 0.700. The minimum absolute atomic E-state index is 0.0734. The van der Waals surface area contributed by atoms with Crippen LogP contribution in [0.1, 0.15) is 33.1 Å². The van der Waals surface area contributed by atoms with Crippen molar-refractivity contribution in [2.75, 3.05) is 13.2 Å². The van der Waals surface area contributed by atoms with Crippen LogP contribution in [0.4, 0.5) is 0 Å². The van der Waals surface area contributed by atoms with Crippen molar-refractivity contribution >= 4 is 5.97 Å². The highest BCUT2D eigenvalue weighted by molar-refractivity contribution is 5.87. The largest absolute Gasteiger partial charge is 0.460 e. The average molecular weight is 186 g/mol. The van der Waals surface area contributed by atoms with Gasteiger partial charge in [-0.15, -0.1) is 0 Å². The first-order chi connectivity index (χ1) is 6.22. The summed E-state index contributed by atoms with van der Waals surface area (Å²) < 4.78 is 4.59. The second kappa shape index (κ2) is 7.80. The zero-order valence-corrected chi connectivity index (χ0v) is 8.38. The number of hydrogen-bond donors (Lipinski definition) is 1. The van der Waals surface area contributed by atoms with E-state index in [-0.39, 0.29) is 19.2 Å². The molecule has 0 aliphatic heterocycles. The Morgan fingerprint density at radius 2 is 2.00 bits per heavy atom. The molecule has 76 valence electrons. The Hall–Kier alpha value is -0.830. The molecule has 13 heavy (non-hydrogen) atoms. The third-order valence-electron chi connectivity index (χ3n) is 1.43. The first kappa shape index (κ1) is 12.2. The smallest absolute Gasteiger partial charge is 0.333 e. The van der Waals surface area contributed by atoms with E-state index in [0.717, 1.165) is 0 Å². The van der Waals surface area contributed by atoms with E-state index in [4.69, 9.17) is 5.11 Å². The molecule has 0 saturated heterocycles. The second-order valence-electron chi connectivity index (χ2n) is 2.89. The average Bonchev–Trinajstić information content (AvgIpc) is 2.99. The van der Waals surface area contributed by atoms with Gasteiger partial charge in [0.1, 0.15) is 6.61 Å². The number of aliphatic hydroxyl groups excluding tert-OH is 1. The molecule has 0 atom stereocenters. The Labute approximate surface area is 79.4 Å². The van der Waals surface area contributed by atoms with Gasteiger partial charge in [-0.2, -0.15) is 0 Å². The molecular formula is C10H18O3. The monoisotopic (exact) mass is 186 g/mol. The van der Waals surface area contributed by atoms with Crippen LogP contribution in [0.15, 0.2) is 11.6 Å². The van der Waals surface area contributed by atoms with Gasteiger partial charge in [-0.3, -0.25) is 0 Å². The number of carbonyl (C=O) groups is 1. The zero-order chi connectivity index (χ0) is 10.1. The van der Waals surface area contributed by atoms with E-state index in [1.54, 1.807) is 19.9 Å². The van der Waals surface area contributed by atoms with Crippen LogP contribution in [0.25, 0.3) is 0 Å². The molecule has 3 heteroatoms. The van der Waals surface area contributed by atoms with Crippen molar-refractivity contribution in [3.63, 3.8) is 0 Å². The van der Waals surface area contributed by atoms with Gasteiger partial charge in [0.05, 0.1) is 6.61 Å². The number of hydrogen-bond acceptors (Lipinski definition) is 3. The van der Waals surface area contributed by atoms with E-state index in [1.165, 1.54) is 19.3 Å². The van der Waals surface area contributed by atoms with Crippen LogP contribution < -0.4 is 0 Å². The molecule has 0 radical (unpaired) electrons. The molecule has 1 aliphatic rings. The molecule has 1 N–H and O–H groups in total. The molecule has 1 rings (SSSR count). The normalized spacial score (nSPS) is 14.2. The van der Waals surface area contributed by atoms with E-state index >= 15 is 0 Å². The lowest BCUT2D eigenvalue weighted by atomic mass is 10.3. The first-order valence-corrected chi connectivity index (χ1v) is 4.63. The van der Waals surface area contributed by atoms with Crippen LogP contribution in [0.5, 0.6) is 0 Å². The quantitative estimate of drug-likeness (QED) is 0.538. The Bertz CT molecular complexity index is 168. The lowest BCUT2D eigenvalue weighted by molar-refractivity contribution is -0.139. The maximum absolute atomic E-state index is 10.7. The number of allylic oxidation sites excluding steroid dienone is 1. The summed E-state index contributed by atoms with van der Waals surface area (Å²) >= 11 is 0. The van der Waals surface area contributed by atoms with E-state index in [0.29, 0.717) is 5.57 Å². The first-order valence-electron chi connectivity index (χ1n) is 4.63. The van der Waals surface area contributed by atoms with Gasteiger partial charge >= 0.3 is 5.97 Å². The Morgan fingerprint density at radius 3 is 2.31 bits per heavy atom. The lowest BCUT2D eigenvalue weighted by Crippen LogP contribution is -2.08. The summed E-state index contributed by atoms with van der Waals surface area (Å²) in [6.45, 7) is 3.38. The van der Waals surface area contributed by atoms with Crippen LogP contribution >= 0.6 is 0 Å². The summed E-state index contributed by atoms with van der Waals surface area (Å²) in [7, 11) is 0. The third-order valence-corrected chi connectivity index (χ3v) is 1.43. The summed E-state index contributed by atoms with van der Waals surface area (Å²) in [6, 6.07) is 0. The van der Waals surface area contributed by atoms with Crippen LogP contribution in [0, 0.1) is 0 Å². The van der Waals surface area contributed by atoms with Crippen LogP contribution in [0.3, 0.4) is 0 Å². The lowest BCUT2D eigenvalue weighted by Gasteiger charge is -2.00. The van der Waals surface area contributed by atoms with Gasteiger partial charge in [-0.1, -0.05) is 25.3 Å². The molecule has 0 unspecified atom stereocenters. The summed E-state index contributed by atoms with van der Waals surface area (Å²) in [5.74, 6) is -0.364. The number of carbonyl (C=O) groups excluding carboxylic acids is 1. The second-order valence-corrected chi connectivity index (χ2v) is 2.89. The van der Waals surface area contributed by atoms with E-state index in [9.17, 15) is 4.79 Å². The van der Waals surface area contributed by atoms with Crippen molar-refractivity contribution in [3.05, 3.63) is 11.6 Å². The number of esters is 1. The van der Waals surface area contributed by atoms with Crippen LogP contribution in [-0.2, 0) is 9.53 Å². The molecule has 0 bridgehead atoms. The van der Waals surface area contributed by atoms with Crippen molar-refractivity contribution in [3.8, 4) is 0 Å². The van der Waals surface area contributed by atoms with Gasteiger partial charge in [0, 0.05) is 5.57 Å². The zero-order valence-electron chi connectivity index (χ0n) is 8.38. The number of aliphatic hydroxyl groups is 1. The van der Waals surface area contributed by atoms with Gasteiger partial charge in [-0.25, -0.2) is 4.79 Å². The van der Waals surface area contributed by atoms with Crippen molar-refractivity contribution in [2.45, 2.75) is 33.1 Å². The predicted molar refractivity (Wildman–Crippen MR) is 51.3 cm³/mol. The van der Waals surface area contributed by atoms with Gasteiger partial charge < -0.3 is 9.84 Å². The molecule has 1 saturated carbocycles. The van der Waals surface area contributed by atoms with Gasteiger partial charge in [-0.05, 0) is 13.8 Å². The Kier molecular flexibility index (Phi) is 7.30. The van der Waals surface area contributed by atoms with Crippen molar-refractivity contribution < 1.29 is 14.6 Å². The predicted octanol–water partition coefficient (Wildman–Crippen LogP) is 1.66. The third kappa shape index (κ3) is 9.08. The molecule has 0 aromatic heterocycles. The maximum Gasteiger partial charge on any atom is 0.333 e. The molecule has 0 spiro atoms. The fourth-order valence-corrected chi connectivity index (χ4v) is 0.370. The SMILES string of the molecule is C/C=C(\C)C(=O)OCCO.C1CC1. The maximum atomic E-state index is 10.7. The number of ether oxygens (including phenoxy) is 1. The van der Waals surface area contributed by atoms with Crippen LogP contribution in [0.2, 0.25) is 0 Å². The Balaban J connectivity index is 0.000000396. The summed E-state index contributed by atoms with van der Waals surface area (Å²) in [6.07, 6.45) is 6.17. The van der Waals surface area contributed by atoms with E-state index in [1.807, 2.05) is 0 Å². The highest BCUT2D eigenvalue weighted by atomic mass is 16.5. The van der Waals surface area contributed by atoms with Crippen LogP contribution in [-0.4, -0.2) is 24.3 Å². The minimum Gasteiger partial charge on any atom is -0.460 e. The van der Waals surface area contributed by atoms with E-state index in [2.05, 4.69) is 4.74 Å². The highest BCUT2D eigenvalue weighted by Crippen LogP contribution is 2.14. The molecule has 0 heterocycles. The molecule has 0 amide bonds.